The highest BCUT2D eigenvalue weighted by molar-refractivity contribution is 5.89. The van der Waals surface area contributed by atoms with Gasteiger partial charge in [-0.15, -0.1) is 0 Å². The minimum absolute atomic E-state index is 0.000919. The molecule has 0 aromatic heterocycles. The van der Waals surface area contributed by atoms with E-state index < -0.39 is 23.7 Å². The summed E-state index contributed by atoms with van der Waals surface area (Å²) < 4.78 is 11.8. The van der Waals surface area contributed by atoms with Gasteiger partial charge in [0.05, 0.1) is 25.2 Å². The summed E-state index contributed by atoms with van der Waals surface area (Å²) >= 11 is 0. The highest BCUT2D eigenvalue weighted by atomic mass is 16.7. The maximum absolute atomic E-state index is 13.3. The smallest absolute Gasteiger partial charge is 0.172 e. The fraction of sp³-hybridized carbons (Fsp3) is 0.773. The molecule has 1 heterocycles. The molecular formula is C22H30O6. The second-order valence-corrected chi connectivity index (χ2v) is 9.25. The lowest BCUT2D eigenvalue weighted by atomic mass is 9.49. The SMILES string of the molecule is CC(=O)CC[C@@H]1C(=O)[C@@H]2CC=C3CC4(CC[C@]3(C)[C@@H]2[C@@H](O)[C@H]1C=O)OCCO4. The molecule has 0 unspecified atom stereocenters. The highest BCUT2D eigenvalue weighted by Crippen LogP contribution is 2.60. The Morgan fingerprint density at radius 3 is 2.68 bits per heavy atom. The molecule has 4 aliphatic rings. The summed E-state index contributed by atoms with van der Waals surface area (Å²) in [7, 11) is 0. The van der Waals surface area contributed by atoms with E-state index >= 15 is 0 Å². The van der Waals surface area contributed by atoms with Gasteiger partial charge in [-0.1, -0.05) is 18.6 Å². The minimum Gasteiger partial charge on any atom is -0.392 e. The van der Waals surface area contributed by atoms with E-state index in [0.717, 1.165) is 19.1 Å². The van der Waals surface area contributed by atoms with Crippen molar-refractivity contribution in [2.45, 2.75) is 64.3 Å². The monoisotopic (exact) mass is 390 g/mol. The Morgan fingerprint density at radius 2 is 2.04 bits per heavy atom. The van der Waals surface area contributed by atoms with Crippen molar-refractivity contribution in [3.05, 3.63) is 11.6 Å². The van der Waals surface area contributed by atoms with Crippen molar-refractivity contribution in [3.8, 4) is 0 Å². The number of hydrogen-bond acceptors (Lipinski definition) is 6. The van der Waals surface area contributed by atoms with Gasteiger partial charge in [-0.05, 0) is 31.6 Å². The largest absolute Gasteiger partial charge is 0.392 e. The van der Waals surface area contributed by atoms with Gasteiger partial charge < -0.3 is 24.2 Å². The van der Waals surface area contributed by atoms with Crippen molar-refractivity contribution in [2.24, 2.45) is 29.1 Å². The third-order valence-electron chi connectivity index (χ3n) is 7.74. The van der Waals surface area contributed by atoms with Crippen LogP contribution in [0.2, 0.25) is 0 Å². The number of fused-ring (bicyclic) bond motifs is 3. The normalized spacial score (nSPS) is 41.9. The van der Waals surface area contributed by atoms with Crippen LogP contribution in [0.5, 0.6) is 0 Å². The van der Waals surface area contributed by atoms with Gasteiger partial charge in [0, 0.05) is 37.0 Å². The van der Waals surface area contributed by atoms with Crippen molar-refractivity contribution in [1.29, 1.82) is 0 Å². The van der Waals surface area contributed by atoms with Crippen LogP contribution in [-0.2, 0) is 23.9 Å². The van der Waals surface area contributed by atoms with Crippen LogP contribution >= 0.6 is 0 Å². The van der Waals surface area contributed by atoms with Crippen LogP contribution in [0.15, 0.2) is 11.6 Å². The molecule has 2 saturated carbocycles. The summed E-state index contributed by atoms with van der Waals surface area (Å²) in [5.74, 6) is -2.39. The lowest BCUT2D eigenvalue weighted by Crippen LogP contribution is -2.59. The topological polar surface area (TPSA) is 89.9 Å². The standard InChI is InChI=1S/C22H30O6/c1-13(24)3-5-15-17(12-23)20(26)18-16(19(15)25)6-4-14-11-22(27-9-10-28-22)8-7-21(14,18)2/h4,12,15-18,20,26H,3,5-11H2,1-2H3/t15-,16+,17-,18-,20-,21-/m0/s1. The summed E-state index contributed by atoms with van der Waals surface area (Å²) in [6.07, 6.45) is 5.33. The van der Waals surface area contributed by atoms with Crippen LogP contribution in [0.4, 0.5) is 0 Å². The summed E-state index contributed by atoms with van der Waals surface area (Å²) in [5.41, 5.74) is 0.839. The molecule has 3 aliphatic carbocycles. The van der Waals surface area contributed by atoms with Crippen LogP contribution < -0.4 is 0 Å². The first-order chi connectivity index (χ1) is 13.3. The van der Waals surface area contributed by atoms with Gasteiger partial charge in [0.15, 0.2) is 5.79 Å². The van der Waals surface area contributed by atoms with Crippen molar-refractivity contribution in [3.63, 3.8) is 0 Å². The Balaban J connectivity index is 1.64. The van der Waals surface area contributed by atoms with Gasteiger partial charge in [0.1, 0.15) is 17.9 Å². The molecule has 3 fully saturated rings. The Morgan fingerprint density at radius 1 is 1.32 bits per heavy atom. The third-order valence-corrected chi connectivity index (χ3v) is 7.74. The molecule has 6 heteroatoms. The van der Waals surface area contributed by atoms with Gasteiger partial charge in [-0.2, -0.15) is 0 Å². The molecule has 28 heavy (non-hydrogen) atoms. The van der Waals surface area contributed by atoms with Crippen molar-refractivity contribution in [1.82, 2.24) is 0 Å². The molecule has 1 saturated heterocycles. The summed E-state index contributed by atoms with van der Waals surface area (Å²) in [6.45, 7) is 4.81. The van der Waals surface area contributed by atoms with Crippen LogP contribution in [-0.4, -0.2) is 48.1 Å². The fourth-order valence-electron chi connectivity index (χ4n) is 6.20. The lowest BCUT2D eigenvalue weighted by Gasteiger charge is -2.56. The number of ketones is 2. The number of Topliss-reactive ketones (excluding diaryl/α,β-unsaturated/α-hetero) is 2. The highest BCUT2D eigenvalue weighted by Gasteiger charge is 2.60. The predicted molar refractivity (Wildman–Crippen MR) is 100 cm³/mol. The first kappa shape index (κ1) is 19.9. The first-order valence-electron chi connectivity index (χ1n) is 10.5. The van der Waals surface area contributed by atoms with E-state index in [2.05, 4.69) is 13.0 Å². The number of aliphatic hydroxyl groups is 1. The lowest BCUT2D eigenvalue weighted by molar-refractivity contribution is -0.191. The van der Waals surface area contributed by atoms with E-state index in [-0.39, 0.29) is 35.2 Å². The van der Waals surface area contributed by atoms with E-state index in [1.165, 1.54) is 12.5 Å². The molecule has 0 amide bonds. The van der Waals surface area contributed by atoms with Gasteiger partial charge in [0.25, 0.3) is 0 Å². The molecule has 1 aliphatic heterocycles. The van der Waals surface area contributed by atoms with Crippen LogP contribution in [0.3, 0.4) is 0 Å². The molecule has 1 N–H and O–H groups in total. The molecule has 6 atom stereocenters. The number of carbonyl (C=O) groups excluding carboxylic acids is 3. The quantitative estimate of drug-likeness (QED) is 0.585. The van der Waals surface area contributed by atoms with E-state index in [1.807, 2.05) is 0 Å². The number of ether oxygens (including phenoxy) is 2. The van der Waals surface area contributed by atoms with E-state index in [9.17, 15) is 19.5 Å². The maximum atomic E-state index is 13.3. The van der Waals surface area contributed by atoms with Crippen LogP contribution in [0, 0.1) is 29.1 Å². The summed E-state index contributed by atoms with van der Waals surface area (Å²) in [5, 5.41) is 11.2. The molecule has 6 nitrogen and oxygen atoms in total. The van der Waals surface area contributed by atoms with Gasteiger partial charge >= 0.3 is 0 Å². The van der Waals surface area contributed by atoms with E-state index in [1.54, 1.807) is 0 Å². The Labute approximate surface area is 165 Å². The third kappa shape index (κ3) is 3.01. The summed E-state index contributed by atoms with van der Waals surface area (Å²) in [6, 6.07) is 0. The molecule has 0 aromatic carbocycles. The number of allylic oxidation sites excluding steroid dienone is 1. The Kier molecular flexibility index (Phi) is 5.09. The molecule has 0 radical (unpaired) electrons. The van der Waals surface area contributed by atoms with Gasteiger partial charge in [-0.3, -0.25) is 4.79 Å². The van der Waals surface area contributed by atoms with Crippen LogP contribution in [0.25, 0.3) is 0 Å². The van der Waals surface area contributed by atoms with Gasteiger partial charge in [0.2, 0.25) is 0 Å². The zero-order chi connectivity index (χ0) is 20.1. The second-order valence-electron chi connectivity index (χ2n) is 9.25. The number of aldehydes is 1. The molecular weight excluding hydrogens is 360 g/mol. The predicted octanol–water partition coefficient (Wildman–Crippen LogP) is 2.23. The van der Waals surface area contributed by atoms with Crippen molar-refractivity contribution < 1.29 is 29.0 Å². The zero-order valence-electron chi connectivity index (χ0n) is 16.7. The van der Waals surface area contributed by atoms with Gasteiger partial charge in [-0.25, -0.2) is 0 Å². The second kappa shape index (κ2) is 7.15. The average molecular weight is 390 g/mol. The summed E-state index contributed by atoms with van der Waals surface area (Å²) in [4.78, 5) is 36.6. The fourth-order valence-corrected chi connectivity index (χ4v) is 6.20. The van der Waals surface area contributed by atoms with E-state index in [0.29, 0.717) is 32.5 Å². The minimum atomic E-state index is -0.870. The number of hydrogen-bond donors (Lipinski definition) is 1. The maximum Gasteiger partial charge on any atom is 0.172 e. The number of rotatable bonds is 4. The molecule has 0 aromatic rings. The molecule has 0 bridgehead atoms. The van der Waals surface area contributed by atoms with Crippen molar-refractivity contribution >= 4 is 17.9 Å². The van der Waals surface area contributed by atoms with Crippen LogP contribution in [0.1, 0.15) is 52.4 Å². The Bertz CT molecular complexity index is 706. The Hall–Kier alpha value is -1.37. The zero-order valence-corrected chi connectivity index (χ0v) is 16.7. The number of aliphatic hydroxyl groups excluding tert-OH is 1. The molecule has 154 valence electrons. The van der Waals surface area contributed by atoms with E-state index in [4.69, 9.17) is 9.47 Å². The molecule has 4 rings (SSSR count). The molecule has 1 spiro atoms. The number of carbonyl (C=O) groups is 3. The first-order valence-corrected chi connectivity index (χ1v) is 10.5. The average Bonchev–Trinajstić information content (AvgIpc) is 3.11. The van der Waals surface area contributed by atoms with Crippen molar-refractivity contribution in [2.75, 3.05) is 13.2 Å².